The lowest BCUT2D eigenvalue weighted by atomic mass is 10.1. The highest BCUT2D eigenvalue weighted by molar-refractivity contribution is 5.88. The first-order valence-electron chi connectivity index (χ1n) is 9.87. The van der Waals surface area contributed by atoms with Crippen molar-refractivity contribution in [3.05, 3.63) is 24.4 Å². The number of nitrogens with zero attached hydrogens (tertiary/aromatic N) is 2. The van der Waals surface area contributed by atoms with Crippen molar-refractivity contribution < 1.29 is 9.59 Å². The van der Waals surface area contributed by atoms with Gasteiger partial charge in [0.05, 0.1) is 11.2 Å². The summed E-state index contributed by atoms with van der Waals surface area (Å²) in [4.78, 5) is 32.0. The molecule has 28 heavy (non-hydrogen) atoms. The fourth-order valence-corrected chi connectivity index (χ4v) is 4.39. The van der Waals surface area contributed by atoms with Gasteiger partial charge < -0.3 is 22.1 Å². The number of hydrogen-bond acceptors (Lipinski definition) is 6. The smallest absolute Gasteiger partial charge is 0.220 e. The Kier molecular flexibility index (Phi) is 5.02. The van der Waals surface area contributed by atoms with Gasteiger partial charge in [0.15, 0.2) is 0 Å². The van der Waals surface area contributed by atoms with Crippen LogP contribution in [-0.4, -0.2) is 33.9 Å². The van der Waals surface area contributed by atoms with Gasteiger partial charge >= 0.3 is 0 Å². The van der Waals surface area contributed by atoms with Crippen LogP contribution in [0.4, 0.5) is 11.5 Å². The number of fused-ring (bicyclic) bond motifs is 1. The molecule has 0 spiro atoms. The zero-order chi connectivity index (χ0) is 19.7. The topological polar surface area (TPSA) is 136 Å². The predicted octanol–water partition coefficient (Wildman–Crippen LogP) is 1.76. The maximum atomic E-state index is 11.4. The summed E-state index contributed by atoms with van der Waals surface area (Å²) in [5, 5.41) is 6.94. The van der Waals surface area contributed by atoms with E-state index in [2.05, 4.69) is 15.6 Å². The first-order chi connectivity index (χ1) is 13.5. The number of carbonyl (C=O) groups is 2. The monoisotopic (exact) mass is 382 g/mol. The van der Waals surface area contributed by atoms with Crippen molar-refractivity contribution in [2.45, 2.75) is 50.6 Å². The van der Waals surface area contributed by atoms with Crippen LogP contribution >= 0.6 is 0 Å². The minimum absolute atomic E-state index is 0.0579. The lowest BCUT2D eigenvalue weighted by Gasteiger charge is -2.17. The van der Waals surface area contributed by atoms with Crippen molar-refractivity contribution in [1.29, 1.82) is 0 Å². The molecule has 2 fully saturated rings. The van der Waals surface area contributed by atoms with Crippen LogP contribution in [0.3, 0.4) is 0 Å². The second-order valence-electron chi connectivity index (χ2n) is 7.93. The molecule has 0 saturated heterocycles. The normalized spacial score (nSPS) is 27.0. The fourth-order valence-electron chi connectivity index (χ4n) is 4.39. The Morgan fingerprint density at radius 1 is 0.893 bits per heavy atom. The maximum Gasteiger partial charge on any atom is 0.220 e. The van der Waals surface area contributed by atoms with Gasteiger partial charge in [0, 0.05) is 30.1 Å². The van der Waals surface area contributed by atoms with Crippen LogP contribution in [0, 0.1) is 11.8 Å². The van der Waals surface area contributed by atoms with Crippen LogP contribution in [-0.2, 0) is 9.59 Å². The molecular formula is C20H26N6O2. The summed E-state index contributed by atoms with van der Waals surface area (Å²) < 4.78 is 0. The standard InChI is InChI=1S/C20H26N6O2/c21-19(27)11-1-3-13(9-11)24-16-7-8-23-15-5-6-17(26-18(15)16)25-14-4-2-12(10-14)20(22)28/h5-8,11-14H,1-4,9-10H2,(H2,21,27)(H2,22,28)(H,23,24)(H,25,26)/t11-,12+,13+,14-/m0/s1. The Bertz CT molecular complexity index is 901. The zero-order valence-electron chi connectivity index (χ0n) is 15.7. The summed E-state index contributed by atoms with van der Waals surface area (Å²) in [5.41, 5.74) is 13.4. The van der Waals surface area contributed by atoms with E-state index < -0.39 is 0 Å². The van der Waals surface area contributed by atoms with Gasteiger partial charge in [0.2, 0.25) is 11.8 Å². The zero-order valence-corrected chi connectivity index (χ0v) is 15.7. The number of pyridine rings is 2. The SMILES string of the molecule is NC(=O)[C@@H]1CC[C@H](Nc2ccc3nccc(N[C@@H]4CC[C@H](C(N)=O)C4)c3n2)C1. The van der Waals surface area contributed by atoms with Crippen LogP contribution in [0.15, 0.2) is 24.4 Å². The van der Waals surface area contributed by atoms with Crippen LogP contribution < -0.4 is 22.1 Å². The van der Waals surface area contributed by atoms with E-state index in [1.54, 1.807) is 6.20 Å². The third kappa shape index (κ3) is 3.85. The molecule has 2 aromatic rings. The average molecular weight is 382 g/mol. The van der Waals surface area contributed by atoms with E-state index in [0.29, 0.717) is 0 Å². The highest BCUT2D eigenvalue weighted by Gasteiger charge is 2.29. The van der Waals surface area contributed by atoms with Crippen molar-refractivity contribution in [3.8, 4) is 0 Å². The van der Waals surface area contributed by atoms with Crippen LogP contribution in [0.25, 0.3) is 11.0 Å². The van der Waals surface area contributed by atoms with Crippen molar-refractivity contribution in [2.24, 2.45) is 23.3 Å². The summed E-state index contributed by atoms with van der Waals surface area (Å²) in [6.07, 6.45) is 6.69. The van der Waals surface area contributed by atoms with E-state index in [1.165, 1.54) is 0 Å². The molecule has 148 valence electrons. The molecule has 0 unspecified atom stereocenters. The van der Waals surface area contributed by atoms with Crippen molar-refractivity contribution in [3.63, 3.8) is 0 Å². The summed E-state index contributed by atoms with van der Waals surface area (Å²) in [6, 6.07) is 6.16. The molecule has 0 aliphatic heterocycles. The molecule has 0 radical (unpaired) electrons. The highest BCUT2D eigenvalue weighted by Crippen LogP contribution is 2.31. The van der Waals surface area contributed by atoms with Crippen LogP contribution in [0.5, 0.6) is 0 Å². The van der Waals surface area contributed by atoms with Gasteiger partial charge in [-0.05, 0) is 56.7 Å². The van der Waals surface area contributed by atoms with E-state index in [1.807, 2.05) is 18.2 Å². The molecule has 4 rings (SSSR count). The third-order valence-corrected chi connectivity index (χ3v) is 5.97. The third-order valence-electron chi connectivity index (χ3n) is 5.97. The van der Waals surface area contributed by atoms with Crippen LogP contribution in [0.1, 0.15) is 38.5 Å². The van der Waals surface area contributed by atoms with Crippen molar-refractivity contribution in [2.75, 3.05) is 10.6 Å². The lowest BCUT2D eigenvalue weighted by Crippen LogP contribution is -2.23. The second kappa shape index (κ2) is 7.61. The Morgan fingerprint density at radius 3 is 2.14 bits per heavy atom. The van der Waals surface area contributed by atoms with Gasteiger partial charge in [-0.1, -0.05) is 0 Å². The molecule has 2 aromatic heterocycles. The predicted molar refractivity (Wildman–Crippen MR) is 107 cm³/mol. The van der Waals surface area contributed by atoms with Gasteiger partial charge in [-0.2, -0.15) is 0 Å². The number of anilines is 2. The number of nitrogens with one attached hydrogen (secondary N) is 2. The highest BCUT2D eigenvalue weighted by atomic mass is 16.1. The van der Waals surface area contributed by atoms with Gasteiger partial charge in [-0.15, -0.1) is 0 Å². The van der Waals surface area contributed by atoms with E-state index >= 15 is 0 Å². The molecule has 2 aliphatic carbocycles. The Labute approximate surface area is 163 Å². The van der Waals surface area contributed by atoms with E-state index in [0.717, 1.165) is 61.1 Å². The van der Waals surface area contributed by atoms with Crippen molar-refractivity contribution >= 4 is 34.4 Å². The molecule has 4 atom stereocenters. The fraction of sp³-hybridized carbons (Fsp3) is 0.500. The molecule has 8 heteroatoms. The molecule has 0 aromatic carbocycles. The summed E-state index contributed by atoms with van der Waals surface area (Å²) >= 11 is 0. The van der Waals surface area contributed by atoms with E-state index in [9.17, 15) is 9.59 Å². The summed E-state index contributed by atoms with van der Waals surface area (Å²) in [7, 11) is 0. The first kappa shape index (κ1) is 18.5. The Balaban J connectivity index is 1.50. The number of primary amides is 2. The number of aromatic nitrogens is 2. The summed E-state index contributed by atoms with van der Waals surface area (Å²) in [6.45, 7) is 0. The Hall–Kier alpha value is -2.90. The molecule has 8 nitrogen and oxygen atoms in total. The van der Waals surface area contributed by atoms with Crippen molar-refractivity contribution in [1.82, 2.24) is 9.97 Å². The number of amides is 2. The van der Waals surface area contributed by atoms with Gasteiger partial charge in [-0.3, -0.25) is 14.6 Å². The molecular weight excluding hydrogens is 356 g/mol. The minimum Gasteiger partial charge on any atom is -0.380 e. The number of carbonyl (C=O) groups excluding carboxylic acids is 2. The molecule has 2 amide bonds. The van der Waals surface area contributed by atoms with Gasteiger partial charge in [-0.25, -0.2) is 4.98 Å². The first-order valence-corrected chi connectivity index (χ1v) is 9.87. The summed E-state index contributed by atoms with van der Waals surface area (Å²) in [5.74, 6) is 0.200. The average Bonchev–Trinajstić information content (AvgIpc) is 3.32. The molecule has 0 bridgehead atoms. The largest absolute Gasteiger partial charge is 0.380 e. The maximum absolute atomic E-state index is 11.4. The number of hydrogen-bond donors (Lipinski definition) is 4. The quantitative estimate of drug-likeness (QED) is 0.601. The van der Waals surface area contributed by atoms with E-state index in [-0.39, 0.29) is 35.7 Å². The molecule has 6 N–H and O–H groups in total. The number of rotatable bonds is 6. The molecule has 2 aliphatic rings. The Morgan fingerprint density at radius 2 is 1.54 bits per heavy atom. The molecule has 2 heterocycles. The minimum atomic E-state index is -0.225. The van der Waals surface area contributed by atoms with Gasteiger partial charge in [0.25, 0.3) is 0 Å². The molecule has 2 saturated carbocycles. The second-order valence-corrected chi connectivity index (χ2v) is 7.93. The lowest BCUT2D eigenvalue weighted by molar-refractivity contribution is -0.122. The van der Waals surface area contributed by atoms with E-state index in [4.69, 9.17) is 16.5 Å². The van der Waals surface area contributed by atoms with Crippen LogP contribution in [0.2, 0.25) is 0 Å². The number of nitrogens with two attached hydrogens (primary N) is 2. The van der Waals surface area contributed by atoms with Gasteiger partial charge in [0.1, 0.15) is 11.3 Å².